The van der Waals surface area contributed by atoms with Gasteiger partial charge in [0.15, 0.2) is 0 Å². The van der Waals surface area contributed by atoms with Crippen LogP contribution in [0, 0.1) is 29.5 Å². The van der Waals surface area contributed by atoms with Crippen molar-refractivity contribution in [1.29, 1.82) is 0 Å². The Hall–Kier alpha value is -2.63. The Morgan fingerprint density at radius 2 is 1.54 bits per heavy atom. The van der Waals surface area contributed by atoms with Crippen LogP contribution >= 0.6 is 0 Å². The zero-order valence-corrected chi connectivity index (χ0v) is 22.8. The van der Waals surface area contributed by atoms with E-state index in [1.54, 1.807) is 12.1 Å². The molecule has 212 valence electrons. The van der Waals surface area contributed by atoms with Gasteiger partial charge in [0.05, 0.1) is 11.1 Å². The Morgan fingerprint density at radius 1 is 0.897 bits per heavy atom. The number of hydrogen-bond donors (Lipinski definition) is 0. The predicted molar refractivity (Wildman–Crippen MR) is 147 cm³/mol. The van der Waals surface area contributed by atoms with E-state index in [2.05, 4.69) is 19.1 Å². The molecule has 0 atom stereocenters. The molecule has 2 fully saturated rings. The fourth-order valence-corrected chi connectivity index (χ4v) is 6.37. The number of carbonyl (C=O) groups excluding carboxylic acids is 1. The molecule has 0 amide bonds. The van der Waals surface area contributed by atoms with Gasteiger partial charge in [-0.15, -0.1) is 0 Å². The molecule has 0 aromatic heterocycles. The van der Waals surface area contributed by atoms with Crippen molar-refractivity contribution in [2.45, 2.75) is 90.1 Å². The Balaban J connectivity index is 1.21. The minimum Gasteiger partial charge on any atom is -0.423 e. The third-order valence-corrected chi connectivity index (χ3v) is 8.75. The van der Waals surface area contributed by atoms with Gasteiger partial charge >= 0.3 is 12.1 Å². The lowest BCUT2D eigenvalue weighted by molar-refractivity contribution is -0.140. The van der Waals surface area contributed by atoms with E-state index < -0.39 is 23.5 Å². The van der Waals surface area contributed by atoms with E-state index in [-0.39, 0.29) is 11.3 Å². The van der Waals surface area contributed by atoms with Crippen molar-refractivity contribution < 1.29 is 27.1 Å². The standard InChI is InChI=1S/C33H40F4O2/c1-2-3-4-5-23-8-14-26(15-9-23)27-16-10-24(11-17-27)6-7-25-12-18-28(19-13-25)32(38)39-29-20-21-30(31(34)22-29)33(35,36)37/h6-7,12-13,18-24,26-27H,2-5,8-11,14-17H2,1H3/b7-6+. The van der Waals surface area contributed by atoms with Crippen LogP contribution in [0.15, 0.2) is 48.5 Å². The Morgan fingerprint density at radius 3 is 2.13 bits per heavy atom. The zero-order chi connectivity index (χ0) is 27.8. The lowest BCUT2D eigenvalue weighted by atomic mass is 9.68. The minimum atomic E-state index is -4.80. The summed E-state index contributed by atoms with van der Waals surface area (Å²) in [6, 6.07) is 8.92. The number of halogens is 4. The van der Waals surface area contributed by atoms with Gasteiger partial charge in [0.2, 0.25) is 0 Å². The molecule has 0 saturated heterocycles. The molecule has 0 unspecified atom stereocenters. The highest BCUT2D eigenvalue weighted by molar-refractivity contribution is 5.91. The van der Waals surface area contributed by atoms with E-state index in [1.807, 2.05) is 12.1 Å². The average Bonchev–Trinajstić information content (AvgIpc) is 2.92. The Bertz CT molecular complexity index is 1090. The summed E-state index contributed by atoms with van der Waals surface area (Å²) in [5.41, 5.74) is -0.184. The number of hydrogen-bond acceptors (Lipinski definition) is 2. The lowest BCUT2D eigenvalue weighted by Gasteiger charge is -2.37. The van der Waals surface area contributed by atoms with Crippen molar-refractivity contribution >= 4 is 12.0 Å². The van der Waals surface area contributed by atoms with Crippen LogP contribution in [0.4, 0.5) is 17.6 Å². The second kappa shape index (κ2) is 13.6. The van der Waals surface area contributed by atoms with E-state index in [4.69, 9.17) is 4.74 Å². The van der Waals surface area contributed by atoms with Crippen LogP contribution in [-0.4, -0.2) is 5.97 Å². The summed E-state index contributed by atoms with van der Waals surface area (Å²) >= 11 is 0. The summed E-state index contributed by atoms with van der Waals surface area (Å²) in [4.78, 5) is 12.4. The average molecular weight is 545 g/mol. The topological polar surface area (TPSA) is 26.3 Å². The maximum absolute atomic E-state index is 13.7. The first kappa shape index (κ1) is 29.4. The van der Waals surface area contributed by atoms with Crippen molar-refractivity contribution in [3.05, 3.63) is 71.0 Å². The molecule has 0 spiro atoms. The minimum absolute atomic E-state index is 0.244. The number of benzene rings is 2. The van der Waals surface area contributed by atoms with E-state index in [9.17, 15) is 22.4 Å². The number of esters is 1. The number of unbranched alkanes of at least 4 members (excludes halogenated alkanes) is 2. The van der Waals surface area contributed by atoms with Crippen molar-refractivity contribution in [3.63, 3.8) is 0 Å². The van der Waals surface area contributed by atoms with Gasteiger partial charge in [0, 0.05) is 6.07 Å². The first-order valence-electron chi connectivity index (χ1n) is 14.6. The molecule has 0 heterocycles. The summed E-state index contributed by atoms with van der Waals surface area (Å²) in [5, 5.41) is 0. The highest BCUT2D eigenvalue weighted by atomic mass is 19.4. The van der Waals surface area contributed by atoms with Gasteiger partial charge in [-0.05, 0) is 92.0 Å². The number of alkyl halides is 3. The third-order valence-electron chi connectivity index (χ3n) is 8.75. The summed E-state index contributed by atoms with van der Waals surface area (Å²) in [6.45, 7) is 2.28. The van der Waals surface area contributed by atoms with Crippen LogP contribution in [0.1, 0.15) is 105 Å². The number of rotatable bonds is 9. The maximum atomic E-state index is 13.7. The molecule has 39 heavy (non-hydrogen) atoms. The first-order valence-corrected chi connectivity index (χ1v) is 14.6. The fraction of sp³-hybridized carbons (Fsp3) is 0.545. The third kappa shape index (κ3) is 8.43. The maximum Gasteiger partial charge on any atom is 0.419 e. The van der Waals surface area contributed by atoms with Crippen LogP contribution in [0.3, 0.4) is 0 Å². The summed E-state index contributed by atoms with van der Waals surface area (Å²) < 4.78 is 57.0. The molecule has 0 aliphatic heterocycles. The first-order chi connectivity index (χ1) is 18.7. The van der Waals surface area contributed by atoms with Crippen LogP contribution in [-0.2, 0) is 6.18 Å². The van der Waals surface area contributed by atoms with Gasteiger partial charge in [-0.2, -0.15) is 13.2 Å². The van der Waals surface area contributed by atoms with Gasteiger partial charge in [0.1, 0.15) is 11.6 Å². The molecule has 2 aliphatic carbocycles. The molecule has 0 radical (unpaired) electrons. The number of allylic oxidation sites excluding steroid dienone is 1. The van der Waals surface area contributed by atoms with E-state index in [0.29, 0.717) is 18.1 Å². The SMILES string of the molecule is CCCCCC1CCC(C2CCC(/C=C/c3ccc(C(=O)Oc4ccc(C(F)(F)F)c(F)c4)cc3)CC2)CC1. The van der Waals surface area contributed by atoms with Crippen LogP contribution < -0.4 is 4.74 Å². The molecule has 2 aliphatic rings. The van der Waals surface area contributed by atoms with Crippen molar-refractivity contribution in [1.82, 2.24) is 0 Å². The highest BCUT2D eigenvalue weighted by Gasteiger charge is 2.34. The second-order valence-electron chi connectivity index (χ2n) is 11.5. The quantitative estimate of drug-likeness (QED) is 0.136. The second-order valence-corrected chi connectivity index (χ2v) is 11.5. The van der Waals surface area contributed by atoms with Gasteiger partial charge in [-0.1, -0.05) is 69.7 Å². The van der Waals surface area contributed by atoms with Gasteiger partial charge in [-0.3, -0.25) is 0 Å². The number of ether oxygens (including phenoxy) is 1. The molecular weight excluding hydrogens is 504 g/mol. The largest absolute Gasteiger partial charge is 0.423 e. The molecule has 2 aromatic carbocycles. The van der Waals surface area contributed by atoms with E-state index >= 15 is 0 Å². The molecule has 2 saturated carbocycles. The molecule has 0 bridgehead atoms. The molecule has 2 nitrogen and oxygen atoms in total. The van der Waals surface area contributed by atoms with Crippen molar-refractivity contribution in [3.8, 4) is 5.75 Å². The number of carbonyl (C=O) groups is 1. The lowest BCUT2D eigenvalue weighted by Crippen LogP contribution is -2.25. The normalized spacial score (nSPS) is 24.1. The van der Waals surface area contributed by atoms with Crippen LogP contribution in [0.25, 0.3) is 6.08 Å². The monoisotopic (exact) mass is 544 g/mol. The summed E-state index contributed by atoms with van der Waals surface area (Å²) in [7, 11) is 0. The van der Waals surface area contributed by atoms with Crippen molar-refractivity contribution in [2.24, 2.45) is 23.7 Å². The molecule has 4 rings (SSSR count). The molecular formula is C33H40F4O2. The summed E-state index contributed by atoms with van der Waals surface area (Å²) in [5.74, 6) is 0.841. The van der Waals surface area contributed by atoms with E-state index in [0.717, 1.165) is 29.4 Å². The highest BCUT2D eigenvalue weighted by Crippen LogP contribution is 2.42. The molecule has 2 aromatic rings. The van der Waals surface area contributed by atoms with E-state index in [1.165, 1.54) is 77.0 Å². The zero-order valence-electron chi connectivity index (χ0n) is 22.8. The van der Waals surface area contributed by atoms with Crippen molar-refractivity contribution in [2.75, 3.05) is 0 Å². The molecule has 0 N–H and O–H groups in total. The fourth-order valence-electron chi connectivity index (χ4n) is 6.37. The van der Waals surface area contributed by atoms with Gasteiger partial charge in [0.25, 0.3) is 0 Å². The summed E-state index contributed by atoms with van der Waals surface area (Å²) in [6.07, 6.45) is 15.9. The van der Waals surface area contributed by atoms with Crippen LogP contribution in [0.2, 0.25) is 0 Å². The Labute approximate surface area is 229 Å². The predicted octanol–water partition coefficient (Wildman–Crippen LogP) is 10.3. The molecule has 6 heteroatoms. The van der Waals surface area contributed by atoms with Crippen LogP contribution in [0.5, 0.6) is 5.75 Å². The van der Waals surface area contributed by atoms with Gasteiger partial charge < -0.3 is 4.74 Å². The van der Waals surface area contributed by atoms with Gasteiger partial charge in [-0.25, -0.2) is 9.18 Å². The smallest absolute Gasteiger partial charge is 0.419 e. The Kier molecular flexibility index (Phi) is 10.3.